The summed E-state index contributed by atoms with van der Waals surface area (Å²) in [6.07, 6.45) is 1.78. The second-order valence-corrected chi connectivity index (χ2v) is 7.88. The molecular formula is C23H23N3O4. The number of hydrogen-bond acceptors (Lipinski definition) is 4. The summed E-state index contributed by atoms with van der Waals surface area (Å²) >= 11 is 0. The van der Waals surface area contributed by atoms with Gasteiger partial charge in [-0.3, -0.25) is 24.1 Å². The molecule has 2 aromatic rings. The Kier molecular flexibility index (Phi) is 5.11. The third-order valence-corrected chi connectivity index (χ3v) is 5.43. The van der Waals surface area contributed by atoms with Crippen molar-refractivity contribution in [3.05, 3.63) is 59.2 Å². The highest BCUT2D eigenvalue weighted by atomic mass is 16.2. The normalized spacial score (nSPS) is 15.3. The molecule has 1 N–H and O–H groups in total. The maximum absolute atomic E-state index is 12.6. The van der Waals surface area contributed by atoms with Crippen molar-refractivity contribution in [1.29, 1.82) is 0 Å². The molecule has 0 fully saturated rings. The van der Waals surface area contributed by atoms with Crippen molar-refractivity contribution in [2.24, 2.45) is 5.92 Å². The second-order valence-electron chi connectivity index (χ2n) is 7.88. The van der Waals surface area contributed by atoms with Gasteiger partial charge in [0.05, 0.1) is 11.1 Å². The van der Waals surface area contributed by atoms with Crippen molar-refractivity contribution in [3.63, 3.8) is 0 Å². The Labute approximate surface area is 174 Å². The number of amides is 4. The number of anilines is 2. The predicted molar refractivity (Wildman–Crippen MR) is 112 cm³/mol. The maximum atomic E-state index is 12.6. The standard InChI is InChI=1S/C23H23N3O4/c1-14(2)21(28)25-11-5-6-15-9-10-16(12-19(15)25)24-20(27)13-26-22(29)17-7-3-4-8-18(17)23(26)30/h3-4,7-10,12,14H,5-6,11,13H2,1-2H3,(H,24,27). The molecule has 4 amide bonds. The molecule has 2 aromatic carbocycles. The molecule has 0 aromatic heterocycles. The lowest BCUT2D eigenvalue weighted by Crippen LogP contribution is -2.38. The number of benzene rings is 2. The average Bonchev–Trinajstić information content (AvgIpc) is 2.97. The Hall–Kier alpha value is -3.48. The van der Waals surface area contributed by atoms with Crippen LogP contribution in [-0.2, 0) is 16.0 Å². The van der Waals surface area contributed by atoms with Gasteiger partial charge >= 0.3 is 0 Å². The number of imide groups is 1. The molecule has 4 rings (SSSR count). The first-order valence-electron chi connectivity index (χ1n) is 10.1. The summed E-state index contributed by atoms with van der Waals surface area (Å²) in [6.45, 7) is 4.02. The monoisotopic (exact) mass is 405 g/mol. The number of carbonyl (C=O) groups excluding carboxylic acids is 4. The van der Waals surface area contributed by atoms with E-state index in [1.165, 1.54) is 0 Å². The number of rotatable bonds is 4. The van der Waals surface area contributed by atoms with Gasteiger partial charge in [-0.1, -0.05) is 32.0 Å². The van der Waals surface area contributed by atoms with E-state index in [0.717, 1.165) is 29.0 Å². The number of hydrogen-bond donors (Lipinski definition) is 1. The van der Waals surface area contributed by atoms with Crippen LogP contribution in [0.15, 0.2) is 42.5 Å². The van der Waals surface area contributed by atoms with E-state index in [1.54, 1.807) is 41.3 Å². The molecule has 2 heterocycles. The van der Waals surface area contributed by atoms with Crippen LogP contribution in [0.3, 0.4) is 0 Å². The zero-order valence-corrected chi connectivity index (χ0v) is 17.0. The van der Waals surface area contributed by atoms with Crippen molar-refractivity contribution in [1.82, 2.24) is 4.90 Å². The lowest BCUT2D eigenvalue weighted by Gasteiger charge is -2.31. The fourth-order valence-electron chi connectivity index (χ4n) is 3.92. The molecule has 7 heteroatoms. The first kappa shape index (κ1) is 19.8. The molecule has 0 atom stereocenters. The van der Waals surface area contributed by atoms with Crippen LogP contribution in [0, 0.1) is 5.92 Å². The minimum atomic E-state index is -0.470. The van der Waals surface area contributed by atoms with E-state index in [9.17, 15) is 19.2 Å². The quantitative estimate of drug-likeness (QED) is 0.793. The zero-order valence-electron chi connectivity index (χ0n) is 17.0. The summed E-state index contributed by atoms with van der Waals surface area (Å²) in [5, 5.41) is 2.75. The van der Waals surface area contributed by atoms with Gasteiger partial charge in [0.2, 0.25) is 11.8 Å². The number of nitrogens with one attached hydrogen (secondary N) is 1. The number of nitrogens with zero attached hydrogens (tertiary/aromatic N) is 2. The van der Waals surface area contributed by atoms with Crippen LogP contribution < -0.4 is 10.2 Å². The van der Waals surface area contributed by atoms with Gasteiger partial charge < -0.3 is 10.2 Å². The van der Waals surface area contributed by atoms with E-state index in [1.807, 2.05) is 19.9 Å². The minimum Gasteiger partial charge on any atom is -0.324 e. The highest BCUT2D eigenvalue weighted by molar-refractivity contribution is 6.22. The molecule has 30 heavy (non-hydrogen) atoms. The Morgan fingerprint density at radius 2 is 1.70 bits per heavy atom. The minimum absolute atomic E-state index is 0.0467. The molecule has 7 nitrogen and oxygen atoms in total. The summed E-state index contributed by atoms with van der Waals surface area (Å²) < 4.78 is 0. The number of carbonyl (C=O) groups is 4. The van der Waals surface area contributed by atoms with Crippen molar-refractivity contribution in [2.45, 2.75) is 26.7 Å². The fourth-order valence-corrected chi connectivity index (χ4v) is 3.92. The molecule has 2 aliphatic heterocycles. The largest absolute Gasteiger partial charge is 0.324 e. The summed E-state index contributed by atoms with van der Waals surface area (Å²) in [4.78, 5) is 52.7. The van der Waals surface area contributed by atoms with Gasteiger partial charge in [0, 0.05) is 23.8 Å². The van der Waals surface area contributed by atoms with Crippen LogP contribution in [0.25, 0.3) is 0 Å². The lowest BCUT2D eigenvalue weighted by molar-refractivity contribution is -0.121. The smallest absolute Gasteiger partial charge is 0.262 e. The van der Waals surface area contributed by atoms with Crippen LogP contribution in [0.5, 0.6) is 0 Å². The van der Waals surface area contributed by atoms with Gasteiger partial charge in [0.1, 0.15) is 6.54 Å². The highest BCUT2D eigenvalue weighted by Crippen LogP contribution is 2.31. The van der Waals surface area contributed by atoms with Crippen molar-refractivity contribution < 1.29 is 19.2 Å². The van der Waals surface area contributed by atoms with E-state index in [0.29, 0.717) is 23.4 Å². The Morgan fingerprint density at radius 1 is 1.03 bits per heavy atom. The summed E-state index contributed by atoms with van der Waals surface area (Å²) in [7, 11) is 0. The molecule has 0 unspecified atom stereocenters. The molecule has 0 aliphatic carbocycles. The summed E-state index contributed by atoms with van der Waals surface area (Å²) in [6, 6.07) is 12.0. The Morgan fingerprint density at radius 3 is 2.33 bits per heavy atom. The first-order chi connectivity index (χ1) is 14.4. The van der Waals surface area contributed by atoms with E-state index < -0.39 is 17.7 Å². The number of fused-ring (bicyclic) bond motifs is 2. The van der Waals surface area contributed by atoms with Gasteiger partial charge in [0.25, 0.3) is 11.8 Å². The van der Waals surface area contributed by atoms with Gasteiger partial charge in [-0.25, -0.2) is 0 Å². The topological polar surface area (TPSA) is 86.8 Å². The van der Waals surface area contributed by atoms with E-state index in [-0.39, 0.29) is 18.4 Å². The van der Waals surface area contributed by atoms with E-state index in [2.05, 4.69) is 5.32 Å². The molecule has 0 saturated carbocycles. The SMILES string of the molecule is CC(C)C(=O)N1CCCc2ccc(NC(=O)CN3C(=O)c4ccccc4C3=O)cc21. The fraction of sp³-hybridized carbons (Fsp3) is 0.304. The van der Waals surface area contributed by atoms with Crippen LogP contribution in [0.2, 0.25) is 0 Å². The third kappa shape index (κ3) is 3.47. The van der Waals surface area contributed by atoms with Crippen LogP contribution in [0.1, 0.15) is 46.5 Å². The molecule has 0 bridgehead atoms. The Bertz CT molecular complexity index is 1030. The van der Waals surface area contributed by atoms with Crippen molar-refractivity contribution in [3.8, 4) is 0 Å². The maximum Gasteiger partial charge on any atom is 0.262 e. The van der Waals surface area contributed by atoms with E-state index in [4.69, 9.17) is 0 Å². The highest BCUT2D eigenvalue weighted by Gasteiger charge is 2.36. The molecule has 154 valence electrons. The predicted octanol–water partition coefficient (Wildman–Crippen LogP) is 2.86. The van der Waals surface area contributed by atoms with Crippen molar-refractivity contribution in [2.75, 3.05) is 23.3 Å². The van der Waals surface area contributed by atoms with Gasteiger partial charge in [-0.2, -0.15) is 0 Å². The van der Waals surface area contributed by atoms with Crippen LogP contribution in [-0.4, -0.2) is 41.6 Å². The van der Waals surface area contributed by atoms with Gasteiger partial charge in [-0.15, -0.1) is 0 Å². The second kappa shape index (κ2) is 7.74. The molecular weight excluding hydrogens is 382 g/mol. The zero-order chi connectivity index (χ0) is 21.4. The first-order valence-corrected chi connectivity index (χ1v) is 10.1. The number of aryl methyl sites for hydroxylation is 1. The Balaban J connectivity index is 1.50. The summed E-state index contributed by atoms with van der Waals surface area (Å²) in [5.41, 5.74) is 3.02. The van der Waals surface area contributed by atoms with Crippen molar-refractivity contribution >= 4 is 35.0 Å². The average molecular weight is 405 g/mol. The van der Waals surface area contributed by atoms with Crippen LogP contribution in [0.4, 0.5) is 11.4 Å². The molecule has 2 aliphatic rings. The van der Waals surface area contributed by atoms with Gasteiger partial charge in [0.15, 0.2) is 0 Å². The summed E-state index contributed by atoms with van der Waals surface area (Å²) in [5.74, 6) is -1.48. The van der Waals surface area contributed by atoms with Crippen LogP contribution >= 0.6 is 0 Å². The molecule has 0 saturated heterocycles. The van der Waals surface area contributed by atoms with E-state index >= 15 is 0 Å². The third-order valence-electron chi connectivity index (χ3n) is 5.43. The molecule has 0 spiro atoms. The van der Waals surface area contributed by atoms with Gasteiger partial charge in [-0.05, 0) is 42.7 Å². The molecule has 0 radical (unpaired) electrons. The lowest BCUT2D eigenvalue weighted by atomic mass is 9.99.